The van der Waals surface area contributed by atoms with Crippen molar-refractivity contribution >= 4 is 28.5 Å². The molecule has 1 unspecified atom stereocenters. The number of hydrogen-bond donors (Lipinski definition) is 2. The van der Waals surface area contributed by atoms with Crippen LogP contribution in [0.1, 0.15) is 47.4 Å². The highest BCUT2D eigenvalue weighted by molar-refractivity contribution is 14.1. The number of aliphatic hydroxyl groups excluding tert-OH is 1. The maximum atomic E-state index is 12.0. The summed E-state index contributed by atoms with van der Waals surface area (Å²) in [5.41, 5.74) is 2.65. The Morgan fingerprint density at radius 2 is 1.59 bits per heavy atom. The van der Waals surface area contributed by atoms with Gasteiger partial charge in [-0.1, -0.05) is 38.1 Å². The molecule has 3 nitrogen and oxygen atoms in total. The molecule has 0 aliphatic rings. The number of rotatable bonds is 5. The number of carbonyl (C=O) groups is 1. The SMILES string of the molecule is CC(C)c1ccc(C(O)CNC(=O)c2ccc(I)cc2)cc1. The van der Waals surface area contributed by atoms with Crippen molar-refractivity contribution in [2.45, 2.75) is 25.9 Å². The van der Waals surface area contributed by atoms with Gasteiger partial charge in [-0.15, -0.1) is 0 Å². The Morgan fingerprint density at radius 3 is 2.14 bits per heavy atom. The highest BCUT2D eigenvalue weighted by Crippen LogP contribution is 2.18. The van der Waals surface area contributed by atoms with E-state index in [0.29, 0.717) is 11.5 Å². The van der Waals surface area contributed by atoms with Gasteiger partial charge in [-0.3, -0.25) is 4.79 Å². The van der Waals surface area contributed by atoms with E-state index in [9.17, 15) is 9.90 Å². The molecule has 4 heteroatoms. The smallest absolute Gasteiger partial charge is 0.251 e. The zero-order valence-corrected chi connectivity index (χ0v) is 14.9. The van der Waals surface area contributed by atoms with E-state index in [-0.39, 0.29) is 12.5 Å². The Hall–Kier alpha value is -1.40. The lowest BCUT2D eigenvalue weighted by Crippen LogP contribution is -2.28. The molecule has 0 saturated heterocycles. The molecule has 2 aromatic rings. The van der Waals surface area contributed by atoms with Gasteiger partial charge in [0.1, 0.15) is 0 Å². The number of hydrogen-bond acceptors (Lipinski definition) is 2. The molecule has 0 aromatic heterocycles. The predicted molar refractivity (Wildman–Crippen MR) is 97.0 cm³/mol. The molecule has 0 fully saturated rings. The van der Waals surface area contributed by atoms with Gasteiger partial charge in [0.2, 0.25) is 0 Å². The molecule has 2 aromatic carbocycles. The van der Waals surface area contributed by atoms with E-state index in [1.54, 1.807) is 12.1 Å². The van der Waals surface area contributed by atoms with Crippen molar-refractivity contribution in [1.82, 2.24) is 5.32 Å². The Bertz CT molecular complexity index is 621. The van der Waals surface area contributed by atoms with Crippen LogP contribution in [0.15, 0.2) is 48.5 Å². The van der Waals surface area contributed by atoms with Crippen LogP contribution in [0.4, 0.5) is 0 Å². The molecule has 0 heterocycles. The minimum Gasteiger partial charge on any atom is -0.387 e. The summed E-state index contributed by atoms with van der Waals surface area (Å²) in [4.78, 5) is 12.0. The van der Waals surface area contributed by atoms with Gasteiger partial charge in [-0.2, -0.15) is 0 Å². The lowest BCUT2D eigenvalue weighted by molar-refractivity contribution is 0.0916. The van der Waals surface area contributed by atoms with Crippen LogP contribution in [0, 0.1) is 3.57 Å². The van der Waals surface area contributed by atoms with Crippen molar-refractivity contribution < 1.29 is 9.90 Å². The number of benzene rings is 2. The highest BCUT2D eigenvalue weighted by Gasteiger charge is 2.11. The Morgan fingerprint density at radius 1 is 1.05 bits per heavy atom. The molecule has 1 atom stereocenters. The van der Waals surface area contributed by atoms with Crippen LogP contribution in [0.2, 0.25) is 0 Å². The van der Waals surface area contributed by atoms with Gasteiger partial charge in [-0.05, 0) is 63.9 Å². The average Bonchev–Trinajstić information content (AvgIpc) is 2.53. The Kier molecular flexibility index (Phi) is 5.97. The van der Waals surface area contributed by atoms with Gasteiger partial charge in [0.15, 0.2) is 0 Å². The van der Waals surface area contributed by atoms with Crippen LogP contribution in [0.25, 0.3) is 0 Å². The van der Waals surface area contributed by atoms with E-state index in [2.05, 4.69) is 41.8 Å². The van der Waals surface area contributed by atoms with Crippen molar-refractivity contribution in [2.24, 2.45) is 0 Å². The summed E-state index contributed by atoms with van der Waals surface area (Å²) in [6, 6.07) is 15.2. The van der Waals surface area contributed by atoms with E-state index >= 15 is 0 Å². The molecule has 1 amide bonds. The molecular formula is C18H20INO2. The minimum atomic E-state index is -0.700. The van der Waals surface area contributed by atoms with Crippen LogP contribution in [-0.2, 0) is 0 Å². The van der Waals surface area contributed by atoms with Crippen molar-refractivity contribution in [3.05, 3.63) is 68.8 Å². The summed E-state index contributed by atoms with van der Waals surface area (Å²) in [6.45, 7) is 4.46. The van der Waals surface area contributed by atoms with Gasteiger partial charge in [-0.25, -0.2) is 0 Å². The number of nitrogens with one attached hydrogen (secondary N) is 1. The third kappa shape index (κ3) is 4.55. The van der Waals surface area contributed by atoms with E-state index < -0.39 is 6.10 Å². The molecule has 2 N–H and O–H groups in total. The van der Waals surface area contributed by atoms with E-state index in [1.807, 2.05) is 36.4 Å². The van der Waals surface area contributed by atoms with Gasteiger partial charge in [0.25, 0.3) is 5.91 Å². The predicted octanol–water partition coefficient (Wildman–Crippen LogP) is 3.88. The highest BCUT2D eigenvalue weighted by atomic mass is 127. The maximum absolute atomic E-state index is 12.0. The largest absolute Gasteiger partial charge is 0.387 e. The average molecular weight is 409 g/mol. The standard InChI is InChI=1S/C18H20INO2/c1-12(2)13-3-5-14(6-4-13)17(21)11-20-18(22)15-7-9-16(19)10-8-15/h3-10,12,17,21H,11H2,1-2H3,(H,20,22). The van der Waals surface area contributed by atoms with Crippen LogP contribution in [0.5, 0.6) is 0 Å². The van der Waals surface area contributed by atoms with Gasteiger partial charge in [0, 0.05) is 15.7 Å². The Balaban J connectivity index is 1.93. The number of halogens is 1. The summed E-state index contributed by atoms with van der Waals surface area (Å²) in [7, 11) is 0. The van der Waals surface area contributed by atoms with Gasteiger partial charge in [0.05, 0.1) is 6.10 Å². The fourth-order valence-electron chi connectivity index (χ4n) is 2.11. The zero-order chi connectivity index (χ0) is 16.1. The summed E-state index contributed by atoms with van der Waals surface area (Å²) in [5, 5.41) is 12.9. The fourth-order valence-corrected chi connectivity index (χ4v) is 2.47. The van der Waals surface area contributed by atoms with Crippen molar-refractivity contribution in [3.63, 3.8) is 0 Å². The van der Waals surface area contributed by atoms with Crippen LogP contribution in [0.3, 0.4) is 0 Å². The third-order valence-corrected chi connectivity index (χ3v) is 4.27. The van der Waals surface area contributed by atoms with E-state index in [1.165, 1.54) is 5.56 Å². The molecule has 0 bridgehead atoms. The molecule has 116 valence electrons. The first-order valence-electron chi connectivity index (χ1n) is 7.29. The fraction of sp³-hybridized carbons (Fsp3) is 0.278. The summed E-state index contributed by atoms with van der Waals surface area (Å²) in [6.07, 6.45) is -0.700. The molecule has 0 aliphatic heterocycles. The molecule has 0 aliphatic carbocycles. The molecule has 0 radical (unpaired) electrons. The van der Waals surface area contributed by atoms with Crippen molar-refractivity contribution in [3.8, 4) is 0 Å². The monoisotopic (exact) mass is 409 g/mol. The zero-order valence-electron chi connectivity index (χ0n) is 12.7. The molecule has 0 spiro atoms. The summed E-state index contributed by atoms with van der Waals surface area (Å²) in [5.74, 6) is 0.293. The number of carbonyl (C=O) groups excluding carboxylic acids is 1. The van der Waals surface area contributed by atoms with Crippen LogP contribution < -0.4 is 5.32 Å². The number of amides is 1. The normalized spacial score (nSPS) is 12.2. The lowest BCUT2D eigenvalue weighted by Gasteiger charge is -2.14. The van der Waals surface area contributed by atoms with E-state index in [4.69, 9.17) is 0 Å². The molecular weight excluding hydrogens is 389 g/mol. The van der Waals surface area contributed by atoms with Crippen LogP contribution >= 0.6 is 22.6 Å². The summed E-state index contributed by atoms with van der Waals surface area (Å²) >= 11 is 2.19. The molecule has 0 saturated carbocycles. The van der Waals surface area contributed by atoms with Crippen LogP contribution in [-0.4, -0.2) is 17.6 Å². The molecule has 2 rings (SSSR count). The van der Waals surface area contributed by atoms with Crippen molar-refractivity contribution in [2.75, 3.05) is 6.54 Å². The Labute approximate surface area is 144 Å². The second kappa shape index (κ2) is 7.74. The van der Waals surface area contributed by atoms with Crippen molar-refractivity contribution in [1.29, 1.82) is 0 Å². The van der Waals surface area contributed by atoms with E-state index in [0.717, 1.165) is 9.13 Å². The maximum Gasteiger partial charge on any atom is 0.251 e. The third-order valence-electron chi connectivity index (χ3n) is 3.55. The second-order valence-electron chi connectivity index (χ2n) is 5.55. The topological polar surface area (TPSA) is 49.3 Å². The number of aliphatic hydroxyl groups is 1. The van der Waals surface area contributed by atoms with Gasteiger partial charge >= 0.3 is 0 Å². The minimum absolute atomic E-state index is 0.172. The summed E-state index contributed by atoms with van der Waals surface area (Å²) < 4.78 is 1.08. The van der Waals surface area contributed by atoms with Gasteiger partial charge < -0.3 is 10.4 Å². The quantitative estimate of drug-likeness (QED) is 0.737. The second-order valence-corrected chi connectivity index (χ2v) is 6.80. The first-order valence-corrected chi connectivity index (χ1v) is 8.37. The molecule has 22 heavy (non-hydrogen) atoms. The first-order chi connectivity index (χ1) is 10.5. The first kappa shape index (κ1) is 17.0. The lowest BCUT2D eigenvalue weighted by atomic mass is 10.00.